The van der Waals surface area contributed by atoms with Crippen LogP contribution in [0.25, 0.3) is 11.8 Å². The lowest BCUT2D eigenvalue weighted by Gasteiger charge is -2.48. The molecule has 0 bridgehead atoms. The van der Waals surface area contributed by atoms with E-state index in [1.54, 1.807) is 79.4 Å². The number of nitrogens with zero attached hydrogens (tertiary/aromatic N) is 4. The number of nitrogens with one attached hydrogen (secondary N) is 2. The van der Waals surface area contributed by atoms with E-state index < -0.39 is 101 Å². The van der Waals surface area contributed by atoms with Crippen LogP contribution >= 0.6 is 0 Å². The van der Waals surface area contributed by atoms with Crippen LogP contribution < -0.4 is 10.6 Å². The summed E-state index contributed by atoms with van der Waals surface area (Å²) in [5, 5.41) is 21.7. The largest absolute Gasteiger partial charge is 0.461 e. The molecule has 0 unspecified atom stereocenters. The second kappa shape index (κ2) is 21.0. The Balaban J connectivity index is 1.57. The van der Waals surface area contributed by atoms with E-state index in [0.29, 0.717) is 12.8 Å². The fourth-order valence-corrected chi connectivity index (χ4v) is 9.84. The molecule has 2 amide bonds. The van der Waals surface area contributed by atoms with Gasteiger partial charge in [0.05, 0.1) is 35.8 Å². The molecule has 2 saturated heterocycles. The highest BCUT2D eigenvalue weighted by molar-refractivity contribution is 5.85. The summed E-state index contributed by atoms with van der Waals surface area (Å²) in [6.07, 6.45) is 1.33. The van der Waals surface area contributed by atoms with Crippen LogP contribution in [0.2, 0.25) is 0 Å². The molecule has 64 heavy (non-hydrogen) atoms. The topological polar surface area (TPSA) is 210 Å². The Hall–Kier alpha value is -4.87. The summed E-state index contributed by atoms with van der Waals surface area (Å²) in [4.78, 5) is 75.6. The summed E-state index contributed by atoms with van der Waals surface area (Å²) in [6.45, 7) is 17.4. The Morgan fingerprint density at radius 3 is 2.36 bits per heavy atom. The maximum absolute atomic E-state index is 14.7. The van der Waals surface area contributed by atoms with Gasteiger partial charge >= 0.3 is 24.1 Å². The van der Waals surface area contributed by atoms with E-state index in [4.69, 9.17) is 23.7 Å². The lowest BCUT2D eigenvalue weighted by molar-refractivity contribution is -0.215. The third-order valence-corrected chi connectivity index (χ3v) is 13.4. The minimum atomic E-state index is -1.66. The van der Waals surface area contributed by atoms with Gasteiger partial charge in [-0.15, -0.1) is 0 Å². The Kier molecular flexibility index (Phi) is 16.4. The molecule has 3 aliphatic rings. The monoisotopic (exact) mass is 895 g/mol. The zero-order valence-electron chi connectivity index (χ0n) is 39.5. The highest BCUT2D eigenvalue weighted by Gasteiger charge is 2.58. The van der Waals surface area contributed by atoms with Gasteiger partial charge in [-0.05, 0) is 84.2 Å². The van der Waals surface area contributed by atoms with Crippen molar-refractivity contribution in [2.75, 3.05) is 20.6 Å². The van der Waals surface area contributed by atoms with Gasteiger partial charge in [0, 0.05) is 30.3 Å². The SMILES string of the molecule is CC[C@H]1OC(=O)[C@H](C)[C@@H](OC(=O)C(C)C)[C@H](C)[C@@H](O[C@@H]2C[C@H](C)C[C@H](N(C)C)[C@H]2O)[C@](C)(OC(=O)NC/C=C/c2ccc(-n3cncn3)cc2)C[C@@H](C)C(=O)[C@H](C)[C@H]2NC(=O)O[C@@]21C. The number of alkyl carbamates (subject to hydrolysis) is 2. The molecule has 3 heterocycles. The number of amides is 2. The second-order valence-corrected chi connectivity index (χ2v) is 19.1. The maximum atomic E-state index is 14.7. The first-order chi connectivity index (χ1) is 30.1. The third kappa shape index (κ3) is 11.3. The summed E-state index contributed by atoms with van der Waals surface area (Å²) in [5.74, 6) is -5.69. The van der Waals surface area contributed by atoms with Gasteiger partial charge in [-0.2, -0.15) is 5.10 Å². The van der Waals surface area contributed by atoms with Crippen molar-refractivity contribution in [1.82, 2.24) is 30.3 Å². The molecule has 1 aromatic heterocycles. The van der Waals surface area contributed by atoms with Gasteiger partial charge < -0.3 is 44.3 Å². The average molecular weight is 895 g/mol. The molecule has 1 aliphatic carbocycles. The van der Waals surface area contributed by atoms with E-state index in [1.807, 2.05) is 49.3 Å². The number of rotatable bonds is 11. The smallest absolute Gasteiger partial charge is 0.408 e. The predicted molar refractivity (Wildman–Crippen MR) is 237 cm³/mol. The average Bonchev–Trinajstić information content (AvgIpc) is 3.90. The predicted octanol–water partition coefficient (Wildman–Crippen LogP) is 5.51. The molecule has 3 N–H and O–H groups in total. The number of cyclic esters (lactones) is 1. The van der Waals surface area contributed by atoms with Crippen LogP contribution in [0.3, 0.4) is 0 Å². The first-order valence-corrected chi connectivity index (χ1v) is 22.6. The molecule has 0 spiro atoms. The fourth-order valence-electron chi connectivity index (χ4n) is 9.84. The van der Waals surface area contributed by atoms with Crippen molar-refractivity contribution < 1.29 is 52.8 Å². The number of benzene rings is 1. The van der Waals surface area contributed by atoms with Crippen molar-refractivity contribution in [2.24, 2.45) is 35.5 Å². The van der Waals surface area contributed by atoms with Crippen LogP contribution in [-0.4, -0.2) is 129 Å². The van der Waals surface area contributed by atoms with Crippen LogP contribution in [0.4, 0.5) is 9.59 Å². The second-order valence-electron chi connectivity index (χ2n) is 19.1. The van der Waals surface area contributed by atoms with Gasteiger partial charge in [0.15, 0.2) is 5.60 Å². The number of hydrogen-bond acceptors (Lipinski definition) is 14. The molecule has 1 saturated carbocycles. The van der Waals surface area contributed by atoms with Gasteiger partial charge in [-0.1, -0.05) is 72.8 Å². The molecule has 5 rings (SSSR count). The summed E-state index contributed by atoms with van der Waals surface area (Å²) in [5.41, 5.74) is -1.39. The lowest BCUT2D eigenvalue weighted by atomic mass is 9.73. The summed E-state index contributed by atoms with van der Waals surface area (Å²) >= 11 is 0. The summed E-state index contributed by atoms with van der Waals surface area (Å²) in [7, 11) is 3.78. The Morgan fingerprint density at radius 2 is 1.75 bits per heavy atom. The van der Waals surface area contributed by atoms with Gasteiger partial charge in [-0.25, -0.2) is 19.3 Å². The number of carbonyl (C=O) groups excluding carboxylic acids is 5. The van der Waals surface area contributed by atoms with E-state index in [-0.39, 0.29) is 37.1 Å². The standard InChI is InChI=1S/C47H70N6O11/c1-13-36-47(10)40(51-45(59)64-47)29(6)37(54)28(5)23-46(9,63-44(58)49-20-14-15-32-16-18-33(19-17-32)53-25-48-24-50-53)41(60-35-22-27(4)21-34(38(35)55)52(11)12)30(7)39(31(8)43(57)61-36)62-42(56)26(2)3/h14-19,24-31,34-36,38-41,55H,13,20-23H2,1-12H3,(H,49,58)(H,51,59)/b15-14+/t27-,28-,29+,30+,31-,34+,35-,36-,38-,39+,40-,41-,46-,47-/m1/s1. The Bertz CT molecular complexity index is 1960. The van der Waals surface area contributed by atoms with E-state index >= 15 is 0 Å². The fraction of sp³-hybridized carbons (Fsp3) is 0.681. The molecule has 14 atom stereocenters. The number of ketones is 1. The van der Waals surface area contributed by atoms with Crippen molar-refractivity contribution in [3.63, 3.8) is 0 Å². The van der Waals surface area contributed by atoms with Gasteiger partial charge in [0.25, 0.3) is 0 Å². The van der Waals surface area contributed by atoms with E-state index in [9.17, 15) is 29.1 Å². The number of esters is 2. The molecular formula is C47H70N6O11. The number of aliphatic hydroxyl groups is 1. The molecule has 17 heteroatoms. The summed E-state index contributed by atoms with van der Waals surface area (Å²) < 4.78 is 33.4. The first-order valence-electron chi connectivity index (χ1n) is 22.6. The van der Waals surface area contributed by atoms with E-state index in [0.717, 1.165) is 11.3 Å². The molecule has 17 nitrogen and oxygen atoms in total. The first kappa shape index (κ1) is 50.1. The number of aromatic nitrogens is 3. The van der Waals surface area contributed by atoms with Crippen molar-refractivity contribution in [3.8, 4) is 5.69 Å². The molecule has 354 valence electrons. The van der Waals surface area contributed by atoms with Crippen LogP contribution in [0.15, 0.2) is 43.0 Å². The normalized spacial score (nSPS) is 35.3. The van der Waals surface area contributed by atoms with Gasteiger partial charge in [-0.3, -0.25) is 14.4 Å². The molecule has 2 aliphatic heterocycles. The van der Waals surface area contributed by atoms with E-state index in [1.165, 1.54) is 6.33 Å². The Labute approximate surface area is 377 Å². The van der Waals surface area contributed by atoms with Gasteiger partial charge in [0.1, 0.15) is 42.4 Å². The molecule has 0 radical (unpaired) electrons. The van der Waals surface area contributed by atoms with Crippen molar-refractivity contribution >= 4 is 36.0 Å². The minimum absolute atomic E-state index is 0.0752. The minimum Gasteiger partial charge on any atom is -0.461 e. The number of hydrogen-bond donors (Lipinski definition) is 3. The zero-order chi connectivity index (χ0) is 47.3. The number of fused-ring (bicyclic) bond motifs is 1. The van der Waals surface area contributed by atoms with Crippen molar-refractivity contribution in [2.45, 2.75) is 149 Å². The summed E-state index contributed by atoms with van der Waals surface area (Å²) in [6, 6.07) is 6.43. The molecule has 3 fully saturated rings. The lowest BCUT2D eigenvalue weighted by Crippen LogP contribution is -2.61. The molecule has 2 aromatic rings. The quantitative estimate of drug-likeness (QED) is 0.188. The van der Waals surface area contributed by atoms with Crippen molar-refractivity contribution in [1.29, 1.82) is 0 Å². The number of ether oxygens (including phenoxy) is 5. The molecular weight excluding hydrogens is 825 g/mol. The van der Waals surface area contributed by atoms with Gasteiger partial charge in [0.2, 0.25) is 0 Å². The third-order valence-electron chi connectivity index (χ3n) is 13.4. The van der Waals surface area contributed by atoms with Crippen molar-refractivity contribution in [3.05, 3.63) is 48.6 Å². The van der Waals surface area contributed by atoms with Crippen LogP contribution in [0.1, 0.15) is 100 Å². The highest BCUT2D eigenvalue weighted by atomic mass is 16.6. The highest BCUT2D eigenvalue weighted by Crippen LogP contribution is 2.42. The number of likely N-dealkylation sites (N-methyl/N-ethyl adjacent to an activating group) is 1. The van der Waals surface area contributed by atoms with Crippen LogP contribution in [0.5, 0.6) is 0 Å². The van der Waals surface area contributed by atoms with Crippen LogP contribution in [-0.2, 0) is 38.1 Å². The maximum Gasteiger partial charge on any atom is 0.408 e. The molecule has 1 aromatic carbocycles. The number of Topliss-reactive ketones (excluding diaryl/α,β-unsaturated/α-hetero) is 1. The number of aliphatic hydroxyl groups excluding tert-OH is 1. The van der Waals surface area contributed by atoms with E-state index in [2.05, 4.69) is 27.6 Å². The Morgan fingerprint density at radius 1 is 1.06 bits per heavy atom. The zero-order valence-corrected chi connectivity index (χ0v) is 39.5. The number of carbonyl (C=O) groups is 5. The van der Waals surface area contributed by atoms with Crippen LogP contribution in [0, 0.1) is 35.5 Å².